The number of hydrogen-bond acceptors (Lipinski definition) is 2. The molecule has 0 radical (unpaired) electrons. The van der Waals surface area contributed by atoms with Gasteiger partial charge in [-0.15, -0.1) is 0 Å². The molecule has 0 amide bonds. The molecule has 0 spiro atoms. The Balaban J connectivity index is 2.25. The molecule has 0 fully saturated rings. The number of hydrogen-bond donors (Lipinski definition) is 1. The molecule has 3 nitrogen and oxygen atoms in total. The van der Waals surface area contributed by atoms with Gasteiger partial charge in [-0.2, -0.15) is 0 Å². The number of aromatic nitrogens is 2. The van der Waals surface area contributed by atoms with Crippen molar-refractivity contribution >= 4 is 50.9 Å². The minimum Gasteiger partial charge on any atom is -0.399 e. The van der Waals surface area contributed by atoms with Gasteiger partial charge < -0.3 is 5.73 Å². The molecule has 90 valence electrons. The zero-order chi connectivity index (χ0) is 12.7. The number of nitrogens with two attached hydrogens (primary N) is 1. The van der Waals surface area contributed by atoms with Crippen molar-refractivity contribution in [3.63, 3.8) is 0 Å². The van der Waals surface area contributed by atoms with Gasteiger partial charge in [-0.3, -0.25) is 4.57 Å². The van der Waals surface area contributed by atoms with E-state index in [1.807, 2.05) is 41.0 Å². The quantitative estimate of drug-likeness (QED) is 0.523. The van der Waals surface area contributed by atoms with Crippen LogP contribution in [-0.4, -0.2) is 9.55 Å². The molecular formula is C13H9ClIN3. The predicted octanol–water partition coefficient (Wildman–Crippen LogP) is 3.87. The van der Waals surface area contributed by atoms with E-state index in [2.05, 4.69) is 27.6 Å². The maximum Gasteiger partial charge on any atom is 0.100 e. The zero-order valence-electron chi connectivity index (χ0n) is 9.27. The van der Waals surface area contributed by atoms with Crippen molar-refractivity contribution in [2.24, 2.45) is 0 Å². The van der Waals surface area contributed by atoms with Gasteiger partial charge in [0, 0.05) is 14.3 Å². The Morgan fingerprint density at radius 1 is 1.17 bits per heavy atom. The topological polar surface area (TPSA) is 43.8 Å². The highest BCUT2D eigenvalue weighted by molar-refractivity contribution is 14.1. The number of benzene rings is 2. The average Bonchev–Trinajstić information content (AvgIpc) is 2.72. The summed E-state index contributed by atoms with van der Waals surface area (Å²) in [6.45, 7) is 0. The maximum absolute atomic E-state index is 5.97. The van der Waals surface area contributed by atoms with Crippen LogP contribution in [-0.2, 0) is 0 Å². The molecule has 0 bridgehead atoms. The summed E-state index contributed by atoms with van der Waals surface area (Å²) in [5.41, 5.74) is 9.46. The minimum absolute atomic E-state index is 0.721. The lowest BCUT2D eigenvalue weighted by atomic mass is 10.2. The molecule has 0 saturated carbocycles. The molecule has 2 aromatic carbocycles. The van der Waals surface area contributed by atoms with E-state index >= 15 is 0 Å². The van der Waals surface area contributed by atoms with Gasteiger partial charge in [0.15, 0.2) is 0 Å². The number of imidazole rings is 1. The van der Waals surface area contributed by atoms with Crippen LogP contribution in [0.5, 0.6) is 0 Å². The third-order valence-electron chi connectivity index (χ3n) is 2.74. The fourth-order valence-corrected chi connectivity index (χ4v) is 3.03. The monoisotopic (exact) mass is 369 g/mol. The summed E-state index contributed by atoms with van der Waals surface area (Å²) in [4.78, 5) is 4.37. The number of fused-ring (bicyclic) bond motifs is 1. The fourth-order valence-electron chi connectivity index (χ4n) is 1.90. The molecule has 0 saturated heterocycles. The van der Waals surface area contributed by atoms with Crippen LogP contribution in [0.25, 0.3) is 16.7 Å². The SMILES string of the molecule is Nc1ccc2c(c1)ncn2-c1ccc(Cl)cc1I. The lowest BCUT2D eigenvalue weighted by molar-refractivity contribution is 1.08. The second-order valence-electron chi connectivity index (χ2n) is 3.96. The molecule has 0 atom stereocenters. The Bertz CT molecular complexity index is 736. The molecule has 2 N–H and O–H groups in total. The van der Waals surface area contributed by atoms with Crippen LogP contribution in [0.4, 0.5) is 5.69 Å². The Labute approximate surface area is 123 Å². The minimum atomic E-state index is 0.721. The second kappa shape index (κ2) is 4.44. The van der Waals surface area contributed by atoms with Crippen molar-refractivity contribution in [3.05, 3.63) is 51.3 Å². The molecule has 0 unspecified atom stereocenters. The highest BCUT2D eigenvalue weighted by atomic mass is 127. The first-order chi connectivity index (χ1) is 8.65. The molecule has 1 aromatic heterocycles. The number of rotatable bonds is 1. The van der Waals surface area contributed by atoms with E-state index in [0.717, 1.165) is 31.0 Å². The van der Waals surface area contributed by atoms with Gasteiger partial charge in [-0.25, -0.2) is 4.98 Å². The maximum atomic E-state index is 5.97. The van der Waals surface area contributed by atoms with Gasteiger partial charge in [0.2, 0.25) is 0 Å². The van der Waals surface area contributed by atoms with Crippen molar-refractivity contribution in [1.29, 1.82) is 0 Å². The first kappa shape index (κ1) is 11.8. The summed E-state index contributed by atoms with van der Waals surface area (Å²) in [6, 6.07) is 11.5. The van der Waals surface area contributed by atoms with Gasteiger partial charge in [0.25, 0.3) is 0 Å². The predicted molar refractivity (Wildman–Crippen MR) is 83.2 cm³/mol. The van der Waals surface area contributed by atoms with Gasteiger partial charge in [0.1, 0.15) is 6.33 Å². The molecule has 1 heterocycles. The summed E-state index contributed by atoms with van der Waals surface area (Å²) in [5, 5.41) is 0.733. The van der Waals surface area contributed by atoms with E-state index in [9.17, 15) is 0 Å². The largest absolute Gasteiger partial charge is 0.399 e. The van der Waals surface area contributed by atoms with Crippen molar-refractivity contribution in [2.45, 2.75) is 0 Å². The third-order valence-corrected chi connectivity index (χ3v) is 3.84. The number of anilines is 1. The van der Waals surface area contributed by atoms with Crippen LogP contribution < -0.4 is 5.73 Å². The van der Waals surface area contributed by atoms with Crippen molar-refractivity contribution < 1.29 is 0 Å². The standard InChI is InChI=1S/C13H9ClIN3/c14-8-1-3-12(10(15)5-8)18-7-17-11-6-9(16)2-4-13(11)18/h1-7H,16H2. The smallest absolute Gasteiger partial charge is 0.100 e. The summed E-state index contributed by atoms with van der Waals surface area (Å²) in [6.07, 6.45) is 1.80. The highest BCUT2D eigenvalue weighted by Gasteiger charge is 2.08. The number of halogens is 2. The molecule has 0 aliphatic carbocycles. The molecule has 0 aliphatic heterocycles. The van der Waals surface area contributed by atoms with Gasteiger partial charge in [-0.1, -0.05) is 11.6 Å². The Kier molecular flexibility index (Phi) is 2.91. The summed E-state index contributed by atoms with van der Waals surface area (Å²) >= 11 is 8.24. The Morgan fingerprint density at radius 3 is 2.78 bits per heavy atom. The van der Waals surface area contributed by atoms with E-state index in [1.54, 1.807) is 6.33 Å². The van der Waals surface area contributed by atoms with E-state index in [4.69, 9.17) is 17.3 Å². The zero-order valence-corrected chi connectivity index (χ0v) is 12.2. The first-order valence-corrected chi connectivity index (χ1v) is 6.79. The number of nitrogens with zero attached hydrogens (tertiary/aromatic N) is 2. The van der Waals surface area contributed by atoms with Gasteiger partial charge in [0.05, 0.1) is 16.7 Å². The summed E-state index contributed by atoms with van der Waals surface area (Å²) in [7, 11) is 0. The van der Waals surface area contributed by atoms with Crippen LogP contribution in [0.2, 0.25) is 5.02 Å². The lowest BCUT2D eigenvalue weighted by Gasteiger charge is -2.07. The molecule has 18 heavy (non-hydrogen) atoms. The second-order valence-corrected chi connectivity index (χ2v) is 5.56. The van der Waals surface area contributed by atoms with Crippen LogP contribution >= 0.6 is 34.2 Å². The van der Waals surface area contributed by atoms with Crippen LogP contribution in [0.15, 0.2) is 42.7 Å². The van der Waals surface area contributed by atoms with Gasteiger partial charge in [-0.05, 0) is 59.0 Å². The van der Waals surface area contributed by atoms with Crippen LogP contribution in [0.3, 0.4) is 0 Å². The molecule has 5 heteroatoms. The summed E-state index contributed by atoms with van der Waals surface area (Å²) < 4.78 is 3.11. The van der Waals surface area contributed by atoms with Crippen molar-refractivity contribution in [2.75, 3.05) is 5.73 Å². The molecule has 3 aromatic rings. The first-order valence-electron chi connectivity index (χ1n) is 5.33. The summed E-state index contributed by atoms with van der Waals surface area (Å²) in [5.74, 6) is 0. The Morgan fingerprint density at radius 2 is 2.00 bits per heavy atom. The molecular weight excluding hydrogens is 361 g/mol. The van der Waals surface area contributed by atoms with Crippen molar-refractivity contribution in [1.82, 2.24) is 9.55 Å². The third kappa shape index (κ3) is 1.95. The molecule has 0 aliphatic rings. The normalized spacial score (nSPS) is 11.0. The van der Waals surface area contributed by atoms with Crippen LogP contribution in [0.1, 0.15) is 0 Å². The Hall–Kier alpha value is -1.27. The number of nitrogen functional groups attached to an aromatic ring is 1. The van der Waals surface area contributed by atoms with Gasteiger partial charge >= 0.3 is 0 Å². The fraction of sp³-hybridized carbons (Fsp3) is 0. The average molecular weight is 370 g/mol. The van der Waals surface area contributed by atoms with E-state index in [0.29, 0.717) is 0 Å². The van der Waals surface area contributed by atoms with E-state index < -0.39 is 0 Å². The van der Waals surface area contributed by atoms with E-state index in [1.165, 1.54) is 0 Å². The lowest BCUT2D eigenvalue weighted by Crippen LogP contribution is -1.95. The van der Waals surface area contributed by atoms with Crippen LogP contribution in [0, 0.1) is 3.57 Å². The van der Waals surface area contributed by atoms with Crippen molar-refractivity contribution in [3.8, 4) is 5.69 Å². The highest BCUT2D eigenvalue weighted by Crippen LogP contribution is 2.25. The van der Waals surface area contributed by atoms with E-state index in [-0.39, 0.29) is 0 Å². The molecule has 3 rings (SSSR count).